The molecule has 0 aliphatic carbocycles. The van der Waals surface area contributed by atoms with Gasteiger partial charge in [0.1, 0.15) is 18.1 Å². The summed E-state index contributed by atoms with van der Waals surface area (Å²) in [6.07, 6.45) is 0.00806. The van der Waals surface area contributed by atoms with Crippen LogP contribution in [0.15, 0.2) is 0 Å². The summed E-state index contributed by atoms with van der Waals surface area (Å²) in [6.45, 7) is 8.32. The van der Waals surface area contributed by atoms with Crippen molar-refractivity contribution in [3.05, 3.63) is 0 Å². The van der Waals surface area contributed by atoms with Crippen LogP contribution in [0.25, 0.3) is 0 Å². The van der Waals surface area contributed by atoms with Gasteiger partial charge in [-0.2, -0.15) is 0 Å². The molecule has 0 aliphatic heterocycles. The number of carboxylic acid groups (broad SMARTS) is 2. The van der Waals surface area contributed by atoms with E-state index in [1.807, 2.05) is 13.8 Å². The molecule has 0 aliphatic rings. The summed E-state index contributed by atoms with van der Waals surface area (Å²) in [7, 11) is 0. The van der Waals surface area contributed by atoms with Crippen LogP contribution in [0.3, 0.4) is 0 Å². The second kappa shape index (κ2) is 12.8. The molecule has 5 unspecified atom stereocenters. The lowest BCUT2D eigenvalue weighted by Gasteiger charge is -2.27. The summed E-state index contributed by atoms with van der Waals surface area (Å²) >= 11 is 0. The lowest BCUT2D eigenvalue weighted by Crippen LogP contribution is -2.58. The molecule has 0 aromatic rings. The molecule has 0 rings (SSSR count). The number of aliphatic carboxylic acids is 2. The molecule has 0 saturated carbocycles. The van der Waals surface area contributed by atoms with Crippen molar-refractivity contribution in [2.45, 2.75) is 78.0 Å². The van der Waals surface area contributed by atoms with Crippen molar-refractivity contribution in [1.29, 1.82) is 0 Å². The summed E-state index contributed by atoms with van der Waals surface area (Å²) < 4.78 is 0. The van der Waals surface area contributed by atoms with E-state index in [1.165, 1.54) is 6.92 Å². The number of amides is 3. The van der Waals surface area contributed by atoms with Gasteiger partial charge in [-0.15, -0.1) is 0 Å². The molecule has 0 radical (unpaired) electrons. The van der Waals surface area contributed by atoms with E-state index in [0.717, 1.165) is 0 Å². The van der Waals surface area contributed by atoms with Gasteiger partial charge in [-0.05, 0) is 25.2 Å². The first kappa shape index (κ1) is 27.3. The Bertz CT molecular complexity index is 638. The van der Waals surface area contributed by atoms with Crippen molar-refractivity contribution in [1.82, 2.24) is 16.0 Å². The molecule has 30 heavy (non-hydrogen) atoms. The average molecular weight is 431 g/mol. The maximum absolute atomic E-state index is 12.8. The van der Waals surface area contributed by atoms with E-state index in [4.69, 9.17) is 15.9 Å². The number of nitrogens with one attached hydrogen (secondary N) is 3. The number of hydrogen-bond donors (Lipinski definition) is 6. The fourth-order valence-electron chi connectivity index (χ4n) is 2.47. The van der Waals surface area contributed by atoms with Crippen LogP contribution in [-0.2, 0) is 24.0 Å². The van der Waals surface area contributed by atoms with Gasteiger partial charge in [0.05, 0.1) is 6.04 Å². The van der Waals surface area contributed by atoms with Crippen molar-refractivity contribution < 1.29 is 34.2 Å². The Kier molecular flexibility index (Phi) is 11.6. The van der Waals surface area contributed by atoms with Gasteiger partial charge in [0, 0.05) is 6.42 Å². The van der Waals surface area contributed by atoms with Crippen LogP contribution >= 0.6 is 0 Å². The van der Waals surface area contributed by atoms with Gasteiger partial charge in [0.25, 0.3) is 0 Å². The van der Waals surface area contributed by atoms with E-state index in [0.29, 0.717) is 6.42 Å². The van der Waals surface area contributed by atoms with Crippen molar-refractivity contribution in [3.63, 3.8) is 0 Å². The standard InChI is InChI=1S/C19H34N4O7/c1-6-10(4)14(20)17(27)23-15(9(2)3)18(28)22-12(7-8-13(24)25)16(26)21-11(5)19(29)30/h9-12,14-15H,6-8,20H2,1-5H3,(H,21,26)(H,22,28)(H,23,27)(H,24,25)(H,29,30). The first-order chi connectivity index (χ1) is 13.8. The van der Waals surface area contributed by atoms with Crippen LogP contribution in [0.1, 0.15) is 53.9 Å². The van der Waals surface area contributed by atoms with E-state index < -0.39 is 60.2 Å². The number of carbonyl (C=O) groups excluding carboxylic acids is 3. The maximum atomic E-state index is 12.8. The minimum atomic E-state index is -1.28. The molecular weight excluding hydrogens is 396 g/mol. The second-order valence-electron chi connectivity index (χ2n) is 7.70. The van der Waals surface area contributed by atoms with Crippen LogP contribution in [0.2, 0.25) is 0 Å². The summed E-state index contributed by atoms with van der Waals surface area (Å²) in [5.74, 6) is -4.94. The third-order valence-corrected chi connectivity index (χ3v) is 4.82. The predicted octanol–water partition coefficient (Wildman–Crippen LogP) is -0.560. The van der Waals surface area contributed by atoms with E-state index in [2.05, 4.69) is 16.0 Å². The van der Waals surface area contributed by atoms with Crippen LogP contribution in [-0.4, -0.2) is 64.0 Å². The Balaban J connectivity index is 5.37. The number of carbonyl (C=O) groups is 5. The van der Waals surface area contributed by atoms with E-state index in [1.54, 1.807) is 13.8 Å². The van der Waals surface area contributed by atoms with Gasteiger partial charge in [0.15, 0.2) is 0 Å². The quantitative estimate of drug-likeness (QED) is 0.224. The molecule has 0 heterocycles. The van der Waals surface area contributed by atoms with Crippen LogP contribution in [0, 0.1) is 11.8 Å². The summed E-state index contributed by atoms with van der Waals surface area (Å²) in [5, 5.41) is 25.0. The van der Waals surface area contributed by atoms with Gasteiger partial charge in [0.2, 0.25) is 17.7 Å². The Morgan fingerprint density at radius 2 is 1.43 bits per heavy atom. The molecule has 0 aromatic carbocycles. The van der Waals surface area contributed by atoms with Crippen molar-refractivity contribution >= 4 is 29.7 Å². The Hall–Kier alpha value is -2.69. The lowest BCUT2D eigenvalue weighted by molar-refractivity contribution is -0.142. The second-order valence-corrected chi connectivity index (χ2v) is 7.70. The zero-order chi connectivity index (χ0) is 23.6. The highest BCUT2D eigenvalue weighted by Gasteiger charge is 2.31. The van der Waals surface area contributed by atoms with Crippen LogP contribution in [0.5, 0.6) is 0 Å². The number of nitrogens with two attached hydrogens (primary N) is 1. The minimum Gasteiger partial charge on any atom is -0.481 e. The molecule has 11 nitrogen and oxygen atoms in total. The highest BCUT2D eigenvalue weighted by molar-refractivity contribution is 5.94. The third kappa shape index (κ3) is 9.21. The zero-order valence-corrected chi connectivity index (χ0v) is 18.1. The monoisotopic (exact) mass is 430 g/mol. The molecule has 3 amide bonds. The van der Waals surface area contributed by atoms with Gasteiger partial charge in [-0.25, -0.2) is 0 Å². The molecule has 11 heteroatoms. The number of rotatable bonds is 13. The molecule has 0 saturated heterocycles. The number of hydrogen-bond acceptors (Lipinski definition) is 6. The highest BCUT2D eigenvalue weighted by atomic mass is 16.4. The van der Waals surface area contributed by atoms with Crippen LogP contribution in [0.4, 0.5) is 0 Å². The van der Waals surface area contributed by atoms with E-state index in [-0.39, 0.29) is 18.3 Å². The fourth-order valence-corrected chi connectivity index (χ4v) is 2.47. The predicted molar refractivity (Wildman–Crippen MR) is 108 cm³/mol. The third-order valence-electron chi connectivity index (χ3n) is 4.82. The van der Waals surface area contributed by atoms with Crippen LogP contribution < -0.4 is 21.7 Å². The van der Waals surface area contributed by atoms with Gasteiger partial charge in [-0.1, -0.05) is 34.1 Å². The molecule has 172 valence electrons. The maximum Gasteiger partial charge on any atom is 0.325 e. The Morgan fingerprint density at radius 1 is 0.867 bits per heavy atom. The number of carboxylic acids is 2. The van der Waals surface area contributed by atoms with Gasteiger partial charge in [-0.3, -0.25) is 24.0 Å². The Labute approximate surface area is 176 Å². The molecule has 7 N–H and O–H groups in total. The minimum absolute atomic E-state index is 0.104. The molecule has 0 spiro atoms. The molecule has 0 aromatic heterocycles. The lowest BCUT2D eigenvalue weighted by atomic mass is 9.97. The normalized spacial score (nSPS) is 16.0. The van der Waals surface area contributed by atoms with Crippen molar-refractivity contribution in [2.75, 3.05) is 0 Å². The largest absolute Gasteiger partial charge is 0.481 e. The highest BCUT2D eigenvalue weighted by Crippen LogP contribution is 2.09. The zero-order valence-electron chi connectivity index (χ0n) is 18.1. The SMILES string of the molecule is CCC(C)C(N)C(=O)NC(C(=O)NC(CCC(=O)O)C(=O)NC(C)C(=O)O)C(C)C. The fraction of sp³-hybridized carbons (Fsp3) is 0.737. The smallest absolute Gasteiger partial charge is 0.325 e. The van der Waals surface area contributed by atoms with Gasteiger partial charge >= 0.3 is 11.9 Å². The van der Waals surface area contributed by atoms with Gasteiger partial charge < -0.3 is 31.9 Å². The van der Waals surface area contributed by atoms with Crippen molar-refractivity contribution in [3.8, 4) is 0 Å². The summed E-state index contributed by atoms with van der Waals surface area (Å²) in [5.41, 5.74) is 5.90. The average Bonchev–Trinajstić information content (AvgIpc) is 2.66. The topological polar surface area (TPSA) is 188 Å². The first-order valence-corrected chi connectivity index (χ1v) is 9.93. The molecule has 0 fully saturated rings. The molecule has 0 bridgehead atoms. The molecule has 5 atom stereocenters. The molecular formula is C19H34N4O7. The first-order valence-electron chi connectivity index (χ1n) is 9.93. The summed E-state index contributed by atoms with van der Waals surface area (Å²) in [4.78, 5) is 59.3. The van der Waals surface area contributed by atoms with E-state index >= 15 is 0 Å². The van der Waals surface area contributed by atoms with E-state index in [9.17, 15) is 24.0 Å². The van der Waals surface area contributed by atoms with Crippen molar-refractivity contribution in [2.24, 2.45) is 17.6 Å². The summed E-state index contributed by atoms with van der Waals surface area (Å²) in [6, 6.07) is -4.33. The Morgan fingerprint density at radius 3 is 1.87 bits per heavy atom.